The SMILES string of the molecule is CC[C@H](Sc1ccc(Cl)cc1)C(=O)Nc1cccc(C(F)(F)F)c1. The molecule has 2 nitrogen and oxygen atoms in total. The number of hydrogen-bond donors (Lipinski definition) is 1. The van der Waals surface area contributed by atoms with Crippen LogP contribution in [0.2, 0.25) is 5.02 Å². The number of nitrogens with one attached hydrogen (secondary N) is 1. The molecule has 0 radical (unpaired) electrons. The topological polar surface area (TPSA) is 29.1 Å². The molecule has 0 heterocycles. The minimum atomic E-state index is -4.44. The lowest BCUT2D eigenvalue weighted by atomic mass is 10.2. The number of carbonyl (C=O) groups excluding carboxylic acids is 1. The number of benzene rings is 2. The van der Waals surface area contributed by atoms with Crippen molar-refractivity contribution < 1.29 is 18.0 Å². The Morgan fingerprint density at radius 2 is 1.88 bits per heavy atom. The van der Waals surface area contributed by atoms with Gasteiger partial charge in [0.25, 0.3) is 0 Å². The second-order valence-corrected chi connectivity index (χ2v) is 6.75. The smallest absolute Gasteiger partial charge is 0.325 e. The third kappa shape index (κ3) is 5.18. The summed E-state index contributed by atoms with van der Waals surface area (Å²) in [5, 5.41) is 2.73. The van der Waals surface area contributed by atoms with Crippen molar-refractivity contribution in [1.29, 1.82) is 0 Å². The summed E-state index contributed by atoms with van der Waals surface area (Å²) in [6.45, 7) is 1.85. The molecule has 0 unspecified atom stereocenters. The minimum absolute atomic E-state index is 0.130. The molecule has 0 spiro atoms. The number of thioether (sulfide) groups is 1. The molecular formula is C17H15ClF3NOS. The third-order valence-corrected chi connectivity index (χ3v) is 4.84. The summed E-state index contributed by atoms with van der Waals surface area (Å²) >= 11 is 7.16. The molecule has 1 N–H and O–H groups in total. The highest BCUT2D eigenvalue weighted by atomic mass is 35.5. The van der Waals surface area contributed by atoms with E-state index in [4.69, 9.17) is 11.6 Å². The summed E-state index contributed by atoms with van der Waals surface area (Å²) in [4.78, 5) is 13.2. The zero-order valence-corrected chi connectivity index (χ0v) is 14.3. The normalized spacial score (nSPS) is 12.7. The van der Waals surface area contributed by atoms with E-state index in [0.717, 1.165) is 17.0 Å². The van der Waals surface area contributed by atoms with Crippen molar-refractivity contribution in [1.82, 2.24) is 0 Å². The number of carbonyl (C=O) groups is 1. The maximum atomic E-state index is 12.7. The molecule has 0 aliphatic rings. The van der Waals surface area contributed by atoms with Crippen LogP contribution in [0.4, 0.5) is 18.9 Å². The fourth-order valence-electron chi connectivity index (χ4n) is 2.00. The average Bonchev–Trinajstić information content (AvgIpc) is 2.53. The van der Waals surface area contributed by atoms with E-state index in [1.54, 1.807) is 24.3 Å². The molecule has 7 heteroatoms. The summed E-state index contributed by atoms with van der Waals surface area (Å²) in [6, 6.07) is 11.6. The zero-order chi connectivity index (χ0) is 17.7. The number of rotatable bonds is 5. The van der Waals surface area contributed by atoms with Crippen molar-refractivity contribution in [3.63, 3.8) is 0 Å². The molecule has 2 aromatic rings. The monoisotopic (exact) mass is 373 g/mol. The van der Waals surface area contributed by atoms with Gasteiger partial charge in [-0.05, 0) is 48.9 Å². The predicted molar refractivity (Wildman–Crippen MR) is 91.5 cm³/mol. The van der Waals surface area contributed by atoms with E-state index in [-0.39, 0.29) is 11.6 Å². The number of alkyl halides is 3. The van der Waals surface area contributed by atoms with Crippen LogP contribution in [0.25, 0.3) is 0 Å². The Bertz CT molecular complexity index is 704. The van der Waals surface area contributed by atoms with Gasteiger partial charge in [-0.3, -0.25) is 4.79 Å². The molecule has 128 valence electrons. The van der Waals surface area contributed by atoms with Crippen molar-refractivity contribution >= 4 is 35.0 Å². The minimum Gasteiger partial charge on any atom is -0.325 e. The van der Waals surface area contributed by atoms with Crippen molar-refractivity contribution in [3.8, 4) is 0 Å². The average molecular weight is 374 g/mol. The summed E-state index contributed by atoms with van der Waals surface area (Å²) in [7, 11) is 0. The van der Waals surface area contributed by atoms with E-state index >= 15 is 0 Å². The number of halogens is 4. The Balaban J connectivity index is 2.08. The van der Waals surface area contributed by atoms with E-state index in [9.17, 15) is 18.0 Å². The van der Waals surface area contributed by atoms with Gasteiger partial charge in [-0.25, -0.2) is 0 Å². The summed E-state index contributed by atoms with van der Waals surface area (Å²) < 4.78 is 38.2. The Hall–Kier alpha value is -1.66. The van der Waals surface area contributed by atoms with E-state index in [0.29, 0.717) is 11.4 Å². The van der Waals surface area contributed by atoms with E-state index in [2.05, 4.69) is 5.32 Å². The molecule has 0 fully saturated rings. The highest BCUT2D eigenvalue weighted by molar-refractivity contribution is 8.00. The Morgan fingerprint density at radius 1 is 1.21 bits per heavy atom. The number of anilines is 1. The molecule has 0 saturated heterocycles. The van der Waals surface area contributed by atoms with Crippen molar-refractivity contribution in [2.24, 2.45) is 0 Å². The molecular weight excluding hydrogens is 359 g/mol. The Morgan fingerprint density at radius 3 is 2.46 bits per heavy atom. The molecule has 0 saturated carbocycles. The van der Waals surface area contributed by atoms with Crippen LogP contribution in [0, 0.1) is 0 Å². The van der Waals surface area contributed by atoms with Crippen molar-refractivity contribution in [3.05, 3.63) is 59.1 Å². The second kappa shape index (κ2) is 7.94. The molecule has 0 bridgehead atoms. The van der Waals surface area contributed by atoms with Gasteiger partial charge < -0.3 is 5.32 Å². The van der Waals surface area contributed by atoms with Gasteiger partial charge in [0.2, 0.25) is 5.91 Å². The van der Waals surface area contributed by atoms with Crippen LogP contribution >= 0.6 is 23.4 Å². The molecule has 2 aromatic carbocycles. The highest BCUT2D eigenvalue weighted by Crippen LogP contribution is 2.31. The number of hydrogen-bond acceptors (Lipinski definition) is 2. The molecule has 0 aliphatic heterocycles. The maximum absolute atomic E-state index is 12.7. The summed E-state index contributed by atoms with van der Waals surface area (Å²) in [5.41, 5.74) is -0.663. The van der Waals surface area contributed by atoms with Gasteiger partial charge in [-0.15, -0.1) is 11.8 Å². The summed E-state index contributed by atoms with van der Waals surface area (Å²) in [5.74, 6) is -0.336. The number of amides is 1. The molecule has 1 atom stereocenters. The quantitative estimate of drug-likeness (QED) is 0.664. The fourth-order valence-corrected chi connectivity index (χ4v) is 3.08. The van der Waals surface area contributed by atoms with Gasteiger partial charge in [0.1, 0.15) is 0 Å². The first-order valence-electron chi connectivity index (χ1n) is 7.20. The van der Waals surface area contributed by atoms with Crippen molar-refractivity contribution in [2.75, 3.05) is 5.32 Å². The first-order chi connectivity index (χ1) is 11.3. The fraction of sp³-hybridized carbons (Fsp3) is 0.235. The third-order valence-electron chi connectivity index (χ3n) is 3.21. The van der Waals surface area contributed by atoms with Gasteiger partial charge in [-0.1, -0.05) is 24.6 Å². The maximum Gasteiger partial charge on any atom is 0.416 e. The van der Waals surface area contributed by atoms with E-state index in [1.807, 2.05) is 6.92 Å². The van der Waals surface area contributed by atoms with Crippen LogP contribution in [0.5, 0.6) is 0 Å². The molecule has 0 aromatic heterocycles. The van der Waals surface area contributed by atoms with Crippen LogP contribution in [-0.2, 0) is 11.0 Å². The lowest BCUT2D eigenvalue weighted by molar-refractivity contribution is -0.137. The van der Waals surface area contributed by atoms with Crippen LogP contribution in [-0.4, -0.2) is 11.2 Å². The second-order valence-electron chi connectivity index (χ2n) is 5.04. The first-order valence-corrected chi connectivity index (χ1v) is 8.45. The largest absolute Gasteiger partial charge is 0.416 e. The molecule has 2 rings (SSSR count). The standard InChI is InChI=1S/C17H15ClF3NOS/c1-2-15(24-14-8-6-12(18)7-9-14)16(23)22-13-5-3-4-11(10-13)17(19,20)21/h3-10,15H,2H2,1H3,(H,22,23)/t15-/m0/s1. The highest BCUT2D eigenvalue weighted by Gasteiger charge is 2.30. The molecule has 0 aliphatic carbocycles. The van der Waals surface area contributed by atoms with Crippen LogP contribution in [0.3, 0.4) is 0 Å². The van der Waals surface area contributed by atoms with Gasteiger partial charge in [-0.2, -0.15) is 13.2 Å². The van der Waals surface area contributed by atoms with Gasteiger partial charge in [0.15, 0.2) is 0 Å². The zero-order valence-electron chi connectivity index (χ0n) is 12.7. The Kier molecular flexibility index (Phi) is 6.18. The molecule has 1 amide bonds. The lowest BCUT2D eigenvalue weighted by Crippen LogP contribution is -2.24. The first kappa shape index (κ1) is 18.7. The van der Waals surface area contributed by atoms with Gasteiger partial charge in [0.05, 0.1) is 10.8 Å². The molecule has 24 heavy (non-hydrogen) atoms. The van der Waals surface area contributed by atoms with Crippen LogP contribution in [0.1, 0.15) is 18.9 Å². The van der Waals surface area contributed by atoms with Crippen molar-refractivity contribution in [2.45, 2.75) is 29.7 Å². The van der Waals surface area contributed by atoms with Crippen LogP contribution < -0.4 is 5.32 Å². The Labute approximate surface area is 147 Å². The summed E-state index contributed by atoms with van der Waals surface area (Å²) in [6.07, 6.45) is -3.90. The van der Waals surface area contributed by atoms with E-state index < -0.39 is 17.0 Å². The van der Waals surface area contributed by atoms with Gasteiger partial charge in [0, 0.05) is 15.6 Å². The van der Waals surface area contributed by atoms with E-state index in [1.165, 1.54) is 23.9 Å². The lowest BCUT2D eigenvalue weighted by Gasteiger charge is -2.15. The van der Waals surface area contributed by atoms with Crippen LogP contribution in [0.15, 0.2) is 53.4 Å². The van der Waals surface area contributed by atoms with Gasteiger partial charge >= 0.3 is 6.18 Å². The predicted octanol–water partition coefficient (Wildman–Crippen LogP) is 5.87.